The third-order valence-corrected chi connectivity index (χ3v) is 3.73. The molecule has 1 aromatic carbocycles. The molecule has 6 heteroatoms. The fraction of sp³-hybridized carbons (Fsp3) is 0.214. The van der Waals surface area contributed by atoms with E-state index in [1.165, 1.54) is 0 Å². The van der Waals surface area contributed by atoms with E-state index in [1.54, 1.807) is 24.5 Å². The van der Waals surface area contributed by atoms with Crippen LogP contribution in [0.3, 0.4) is 0 Å². The van der Waals surface area contributed by atoms with Crippen molar-refractivity contribution < 1.29 is 8.63 Å². The van der Waals surface area contributed by atoms with Gasteiger partial charge in [-0.1, -0.05) is 11.6 Å². The molecule has 104 valence electrons. The average molecular weight is 309 g/mol. The zero-order valence-corrected chi connectivity index (χ0v) is 12.4. The maximum absolute atomic E-state index is 11.3. The van der Waals surface area contributed by atoms with Crippen molar-refractivity contribution >= 4 is 28.1 Å². The lowest BCUT2D eigenvalue weighted by Crippen LogP contribution is -2.00. The van der Waals surface area contributed by atoms with Gasteiger partial charge in [0.05, 0.1) is 6.54 Å². The predicted octanol–water partition coefficient (Wildman–Crippen LogP) is 3.30. The second-order valence-electron chi connectivity index (χ2n) is 4.26. The lowest BCUT2D eigenvalue weighted by atomic mass is 10.2. The van der Waals surface area contributed by atoms with E-state index in [4.69, 9.17) is 21.3 Å². The molecule has 0 aliphatic carbocycles. The van der Waals surface area contributed by atoms with Gasteiger partial charge < -0.3 is 9.73 Å². The van der Waals surface area contributed by atoms with Crippen LogP contribution >= 0.6 is 11.6 Å². The minimum absolute atomic E-state index is 0.292. The van der Waals surface area contributed by atoms with Crippen LogP contribution in [0.25, 0.3) is 0 Å². The number of hydrogen-bond donors (Lipinski definition) is 1. The number of hydrogen-bond acceptors (Lipinski definition) is 4. The minimum atomic E-state index is -0.940. The molecule has 0 radical (unpaired) electrons. The summed E-state index contributed by atoms with van der Waals surface area (Å²) in [5.41, 5.74) is 1.71. The Balaban J connectivity index is 2.06. The summed E-state index contributed by atoms with van der Waals surface area (Å²) in [7, 11) is -0.940. The summed E-state index contributed by atoms with van der Waals surface area (Å²) in [6.07, 6.45) is 1.64. The summed E-state index contributed by atoms with van der Waals surface area (Å²) >= 11 is 6.06. The summed E-state index contributed by atoms with van der Waals surface area (Å²) in [6, 6.07) is 10.8. The molecule has 1 atom stereocenters. The van der Waals surface area contributed by atoms with E-state index >= 15 is 0 Å². The van der Waals surface area contributed by atoms with Crippen LogP contribution in [0.2, 0.25) is 5.02 Å². The van der Waals surface area contributed by atoms with E-state index in [9.17, 15) is 4.21 Å². The average Bonchev–Trinajstić information content (AvgIpc) is 2.87. The third kappa shape index (κ3) is 3.86. The maximum Gasteiger partial charge on any atom is 0.203 e. The molecule has 0 spiro atoms. The van der Waals surface area contributed by atoms with E-state index < -0.39 is 10.8 Å². The van der Waals surface area contributed by atoms with Crippen molar-refractivity contribution in [1.82, 2.24) is 0 Å². The first-order chi connectivity index (χ1) is 9.58. The Hall–Kier alpha value is -1.77. The second-order valence-corrected chi connectivity index (χ2v) is 6.10. The molecule has 4 nitrogen and oxygen atoms in total. The van der Waals surface area contributed by atoms with Gasteiger partial charge in [-0.15, -0.1) is 0 Å². The number of furan rings is 1. The van der Waals surface area contributed by atoms with Crippen molar-refractivity contribution in [3.05, 3.63) is 52.4 Å². The number of nitriles is 1. The largest absolute Gasteiger partial charge is 0.449 e. The first-order valence-electron chi connectivity index (χ1n) is 5.89. The first-order valence-corrected chi connectivity index (χ1v) is 8.00. The predicted molar refractivity (Wildman–Crippen MR) is 80.0 cm³/mol. The number of nitrogens with one attached hydrogen (secondary N) is 1. The molecular weight excluding hydrogens is 296 g/mol. The van der Waals surface area contributed by atoms with Gasteiger partial charge in [0, 0.05) is 33.5 Å². The van der Waals surface area contributed by atoms with Crippen LogP contribution in [0.15, 0.2) is 34.7 Å². The normalized spacial score (nSPS) is 11.8. The third-order valence-electron chi connectivity index (χ3n) is 2.64. The lowest BCUT2D eigenvalue weighted by molar-refractivity contribution is 0.506. The Morgan fingerprint density at radius 2 is 2.20 bits per heavy atom. The number of halogens is 1. The Bertz CT molecular complexity index is 676. The van der Waals surface area contributed by atoms with Gasteiger partial charge in [0.25, 0.3) is 0 Å². The molecule has 0 aliphatic rings. The van der Waals surface area contributed by atoms with Crippen LogP contribution in [-0.2, 0) is 23.1 Å². The maximum atomic E-state index is 11.3. The van der Waals surface area contributed by atoms with E-state index in [0.29, 0.717) is 28.8 Å². The smallest absolute Gasteiger partial charge is 0.203 e. The summed E-state index contributed by atoms with van der Waals surface area (Å²) in [6.45, 7) is 0.470. The van der Waals surface area contributed by atoms with Crippen LogP contribution in [0.5, 0.6) is 0 Å². The van der Waals surface area contributed by atoms with Crippen LogP contribution in [-0.4, -0.2) is 10.5 Å². The van der Waals surface area contributed by atoms with E-state index in [-0.39, 0.29) is 0 Å². The summed E-state index contributed by atoms with van der Waals surface area (Å²) in [4.78, 5) is 0. The number of benzene rings is 1. The van der Waals surface area contributed by atoms with Gasteiger partial charge in [-0.2, -0.15) is 5.26 Å². The van der Waals surface area contributed by atoms with Gasteiger partial charge in [-0.3, -0.25) is 4.21 Å². The van der Waals surface area contributed by atoms with Crippen molar-refractivity contribution in [2.75, 3.05) is 11.6 Å². The second kappa shape index (κ2) is 6.60. The molecular formula is C14H13ClN2O2S. The van der Waals surface area contributed by atoms with Gasteiger partial charge >= 0.3 is 0 Å². The highest BCUT2D eigenvalue weighted by Crippen LogP contribution is 2.22. The van der Waals surface area contributed by atoms with E-state index in [2.05, 4.69) is 5.32 Å². The summed E-state index contributed by atoms with van der Waals surface area (Å²) in [5.74, 6) is 1.39. The van der Waals surface area contributed by atoms with Gasteiger partial charge in [0.2, 0.25) is 5.76 Å². The highest BCUT2D eigenvalue weighted by molar-refractivity contribution is 7.83. The van der Waals surface area contributed by atoms with Gasteiger partial charge in [0.15, 0.2) is 0 Å². The molecule has 0 bridgehead atoms. The van der Waals surface area contributed by atoms with E-state index in [1.807, 2.05) is 18.2 Å². The van der Waals surface area contributed by atoms with Crippen LogP contribution in [0, 0.1) is 11.3 Å². The Morgan fingerprint density at radius 1 is 1.40 bits per heavy atom. The molecule has 20 heavy (non-hydrogen) atoms. The van der Waals surface area contributed by atoms with Crippen molar-refractivity contribution in [3.8, 4) is 6.07 Å². The highest BCUT2D eigenvalue weighted by atomic mass is 35.5. The molecule has 1 heterocycles. The Kier molecular flexibility index (Phi) is 4.83. The molecule has 1 N–H and O–H groups in total. The van der Waals surface area contributed by atoms with Crippen molar-refractivity contribution in [2.45, 2.75) is 12.3 Å². The molecule has 2 aromatic rings. The SMILES string of the molecule is CS(=O)Cc1cc(NCc2ccc(C#N)o2)ccc1Cl. The van der Waals surface area contributed by atoms with E-state index in [0.717, 1.165) is 11.3 Å². The Morgan fingerprint density at radius 3 is 2.85 bits per heavy atom. The first kappa shape index (κ1) is 14.6. The highest BCUT2D eigenvalue weighted by Gasteiger charge is 2.05. The zero-order valence-electron chi connectivity index (χ0n) is 10.9. The Labute approximate surface area is 124 Å². The standard InChI is InChI=1S/C14H13ClN2O2S/c1-20(18)9-10-6-11(2-5-14(10)15)17-8-13-4-3-12(7-16)19-13/h2-6,17H,8-9H2,1H3. The molecule has 0 aliphatic heterocycles. The quantitative estimate of drug-likeness (QED) is 0.920. The van der Waals surface area contributed by atoms with Gasteiger partial charge in [0.1, 0.15) is 11.8 Å². The number of rotatable bonds is 5. The molecule has 1 unspecified atom stereocenters. The van der Waals surface area contributed by atoms with Crippen molar-refractivity contribution in [1.29, 1.82) is 5.26 Å². The number of nitrogens with zero attached hydrogens (tertiary/aromatic N) is 1. The molecule has 0 fully saturated rings. The molecule has 0 saturated heterocycles. The van der Waals surface area contributed by atoms with Crippen LogP contribution in [0.1, 0.15) is 17.1 Å². The van der Waals surface area contributed by atoms with Gasteiger partial charge in [-0.05, 0) is 35.9 Å². The number of anilines is 1. The lowest BCUT2D eigenvalue weighted by Gasteiger charge is -2.08. The summed E-state index contributed by atoms with van der Waals surface area (Å²) < 4.78 is 16.6. The minimum Gasteiger partial charge on any atom is -0.449 e. The molecule has 0 saturated carbocycles. The topological polar surface area (TPSA) is 66.0 Å². The fourth-order valence-electron chi connectivity index (χ4n) is 1.74. The molecule has 1 aromatic heterocycles. The van der Waals surface area contributed by atoms with Gasteiger partial charge in [-0.25, -0.2) is 0 Å². The monoisotopic (exact) mass is 308 g/mol. The fourth-order valence-corrected chi connectivity index (χ4v) is 2.68. The van der Waals surface area contributed by atoms with Crippen molar-refractivity contribution in [2.24, 2.45) is 0 Å². The van der Waals surface area contributed by atoms with Crippen LogP contribution in [0.4, 0.5) is 5.69 Å². The molecule has 0 amide bonds. The zero-order chi connectivity index (χ0) is 14.5. The summed E-state index contributed by atoms with van der Waals surface area (Å²) in [5, 5.41) is 12.5. The van der Waals surface area contributed by atoms with Crippen molar-refractivity contribution in [3.63, 3.8) is 0 Å². The molecule has 2 rings (SSSR count). The van der Waals surface area contributed by atoms with Crippen LogP contribution < -0.4 is 5.32 Å².